The third-order valence-corrected chi connectivity index (χ3v) is 23.0. The summed E-state index contributed by atoms with van der Waals surface area (Å²) in [5, 5.41) is 0.324. The molecule has 4 rings (SSSR count). The molecule has 4 aliphatic carbocycles. The Morgan fingerprint density at radius 3 is 2.15 bits per heavy atom. The second-order valence-corrected chi connectivity index (χ2v) is 28.7. The van der Waals surface area contributed by atoms with E-state index < -0.39 is 16.6 Å². The van der Waals surface area contributed by atoms with Crippen molar-refractivity contribution in [3.63, 3.8) is 0 Å². The first kappa shape index (κ1) is 37.8. The van der Waals surface area contributed by atoms with E-state index in [0.717, 1.165) is 32.1 Å². The normalized spacial score (nSPS) is 33.1. The topological polar surface area (TPSA) is 35.5 Å². The number of rotatable bonds is 10. The average molecular weight is 667 g/mol. The number of carbonyl (C=O) groups excluding carboxylic acids is 1. The molecule has 4 fully saturated rings. The van der Waals surface area contributed by atoms with Gasteiger partial charge in [-0.15, -0.1) is 0 Å². The first-order valence-corrected chi connectivity index (χ1v) is 24.5. The molecule has 0 aliphatic heterocycles. The Bertz CT molecular complexity index is 1230. The number of ketones is 1. The van der Waals surface area contributed by atoms with Gasteiger partial charge in [0.2, 0.25) is 0 Å². The van der Waals surface area contributed by atoms with Crippen molar-refractivity contribution in [2.75, 3.05) is 0 Å². The van der Waals surface area contributed by atoms with E-state index >= 15 is 0 Å². The van der Waals surface area contributed by atoms with E-state index in [9.17, 15) is 4.79 Å². The zero-order valence-electron chi connectivity index (χ0n) is 32.2. The van der Waals surface area contributed by atoms with Crippen LogP contribution in [0.2, 0.25) is 36.3 Å². The van der Waals surface area contributed by atoms with Crippen LogP contribution in [0.1, 0.15) is 127 Å². The highest BCUT2D eigenvalue weighted by Gasteiger charge is 2.51. The van der Waals surface area contributed by atoms with E-state index in [1.165, 1.54) is 43.3 Å². The Kier molecular flexibility index (Phi) is 11.0. The second kappa shape index (κ2) is 13.4. The highest BCUT2D eigenvalue weighted by atomic mass is 28.4. The monoisotopic (exact) mass is 666 g/mol. The van der Waals surface area contributed by atoms with Gasteiger partial charge in [0.25, 0.3) is 0 Å². The standard InChI is InChI=1S/C41H70O3Si2/c1-29(17-15-24-41(25-26-41)31(3)42)35-21-22-36-32(18-16-23-40(35,36)10)19-20-33-27-34(43-45(11,12)38(4,5)6)28-37(30(33)2)44-46(13,14)39(7,8)9/h15,17,19-20,29,34-37H,2,16,18,21-28H2,1,3-14H3/b17-15+,32-19+,33-20-/t29-,34-,35-,36+,37+,40-/m1/s1. The molecule has 0 aromatic carbocycles. The van der Waals surface area contributed by atoms with Crippen molar-refractivity contribution in [1.82, 2.24) is 0 Å². The van der Waals surface area contributed by atoms with E-state index in [4.69, 9.17) is 8.85 Å². The van der Waals surface area contributed by atoms with Crippen molar-refractivity contribution in [3.8, 4) is 0 Å². The van der Waals surface area contributed by atoms with E-state index in [2.05, 4.69) is 112 Å². The minimum atomic E-state index is -1.98. The van der Waals surface area contributed by atoms with E-state index in [-0.39, 0.29) is 27.7 Å². The first-order valence-electron chi connectivity index (χ1n) is 18.7. The van der Waals surface area contributed by atoms with Crippen molar-refractivity contribution in [3.05, 3.63) is 47.6 Å². The first-order chi connectivity index (χ1) is 21.0. The predicted octanol–water partition coefficient (Wildman–Crippen LogP) is 12.1. The maximum Gasteiger partial charge on any atom is 0.192 e. The molecule has 0 amide bonds. The van der Waals surface area contributed by atoms with Gasteiger partial charge in [-0.1, -0.05) is 91.8 Å². The molecule has 5 heteroatoms. The molecule has 0 bridgehead atoms. The van der Waals surface area contributed by atoms with E-state index in [1.807, 2.05) is 0 Å². The molecular formula is C41H70O3Si2. The van der Waals surface area contributed by atoms with Gasteiger partial charge in [0.05, 0.1) is 12.2 Å². The van der Waals surface area contributed by atoms with Crippen LogP contribution in [-0.4, -0.2) is 34.6 Å². The largest absolute Gasteiger partial charge is 0.413 e. The van der Waals surface area contributed by atoms with E-state index in [0.29, 0.717) is 29.0 Å². The quantitative estimate of drug-likeness (QED) is 0.172. The van der Waals surface area contributed by atoms with Crippen LogP contribution >= 0.6 is 0 Å². The fraction of sp³-hybridized carbons (Fsp3) is 0.780. The highest BCUT2D eigenvalue weighted by molar-refractivity contribution is 6.74. The molecule has 0 spiro atoms. The van der Waals surface area contributed by atoms with Crippen LogP contribution in [-0.2, 0) is 13.6 Å². The summed E-state index contributed by atoms with van der Waals surface area (Å²) in [7, 11) is -3.91. The fourth-order valence-electron chi connectivity index (χ4n) is 8.40. The Morgan fingerprint density at radius 1 is 0.978 bits per heavy atom. The Labute approximate surface area is 286 Å². The lowest BCUT2D eigenvalue weighted by atomic mass is 9.61. The Hall–Kier alpha value is -1.02. The summed E-state index contributed by atoms with van der Waals surface area (Å²) in [6.07, 6.45) is 21.3. The van der Waals surface area contributed by atoms with Crippen LogP contribution in [0.15, 0.2) is 47.6 Å². The fourth-order valence-corrected chi connectivity index (χ4v) is 11.1. The van der Waals surface area contributed by atoms with Crippen LogP contribution in [0.5, 0.6) is 0 Å². The third kappa shape index (κ3) is 7.89. The van der Waals surface area contributed by atoms with Crippen LogP contribution in [0.25, 0.3) is 0 Å². The van der Waals surface area contributed by atoms with Gasteiger partial charge >= 0.3 is 0 Å². The number of allylic oxidation sites excluding steroid dienone is 5. The molecule has 0 aromatic heterocycles. The minimum Gasteiger partial charge on any atom is -0.413 e. The second-order valence-electron chi connectivity index (χ2n) is 19.2. The SMILES string of the molecule is C=C1/C(=C\C=C2/CCC[C@]3(C)[C@@H]([C@H](C)/C=C/CC4(C(C)=O)CC4)CC[C@@H]23)C[C@@H](O[Si](C)(C)C(C)(C)C)C[C@@H]1O[Si](C)(C)C(C)(C)C. The lowest BCUT2D eigenvalue weighted by molar-refractivity contribution is -0.121. The maximum atomic E-state index is 12.1. The maximum absolute atomic E-state index is 12.1. The molecule has 0 unspecified atom stereocenters. The summed E-state index contributed by atoms with van der Waals surface area (Å²) in [5.41, 5.74) is 4.48. The summed E-state index contributed by atoms with van der Waals surface area (Å²) in [5.74, 6) is 2.29. The molecule has 0 radical (unpaired) electrons. The smallest absolute Gasteiger partial charge is 0.192 e. The summed E-state index contributed by atoms with van der Waals surface area (Å²) >= 11 is 0. The van der Waals surface area contributed by atoms with Crippen molar-refractivity contribution in [1.29, 1.82) is 0 Å². The van der Waals surface area contributed by atoms with Crippen LogP contribution in [0.4, 0.5) is 0 Å². The van der Waals surface area contributed by atoms with Gasteiger partial charge in [0, 0.05) is 11.8 Å². The molecule has 0 N–H and O–H groups in total. The van der Waals surface area contributed by atoms with Gasteiger partial charge in [-0.25, -0.2) is 0 Å². The zero-order valence-corrected chi connectivity index (χ0v) is 34.2. The zero-order chi connectivity index (χ0) is 34.5. The van der Waals surface area contributed by atoms with Gasteiger partial charge in [-0.05, 0) is 135 Å². The number of hydrogen-bond acceptors (Lipinski definition) is 3. The minimum absolute atomic E-state index is 0.0203. The Morgan fingerprint density at radius 2 is 1.59 bits per heavy atom. The molecule has 0 heterocycles. The lowest BCUT2D eigenvalue weighted by Gasteiger charge is -2.45. The molecule has 3 nitrogen and oxygen atoms in total. The average Bonchev–Trinajstić information content (AvgIpc) is 3.62. The number of Topliss-reactive ketones (excluding diaryl/α,β-unsaturated/α-hetero) is 1. The predicted molar refractivity (Wildman–Crippen MR) is 202 cm³/mol. The third-order valence-electron chi connectivity index (χ3n) is 14.0. The van der Waals surface area contributed by atoms with Crippen LogP contribution < -0.4 is 0 Å². The van der Waals surface area contributed by atoms with Crippen LogP contribution in [0.3, 0.4) is 0 Å². The van der Waals surface area contributed by atoms with Gasteiger partial charge in [-0.3, -0.25) is 4.79 Å². The number of fused-ring (bicyclic) bond motifs is 1. The summed E-state index contributed by atoms with van der Waals surface area (Å²) in [6.45, 7) is 35.0. The van der Waals surface area contributed by atoms with Gasteiger partial charge < -0.3 is 8.85 Å². The molecule has 260 valence electrons. The van der Waals surface area contributed by atoms with Gasteiger partial charge in [-0.2, -0.15) is 0 Å². The van der Waals surface area contributed by atoms with E-state index in [1.54, 1.807) is 12.5 Å². The lowest BCUT2D eigenvalue weighted by Crippen LogP contribution is -2.49. The van der Waals surface area contributed by atoms with Crippen molar-refractivity contribution < 1.29 is 13.6 Å². The molecule has 0 aromatic rings. The molecule has 4 aliphatic rings. The summed E-state index contributed by atoms with van der Waals surface area (Å²) in [6, 6.07) is 0. The summed E-state index contributed by atoms with van der Waals surface area (Å²) in [4.78, 5) is 12.1. The van der Waals surface area contributed by atoms with Gasteiger partial charge in [0.15, 0.2) is 16.6 Å². The molecule has 4 saturated carbocycles. The Balaban J connectivity index is 1.56. The van der Waals surface area contributed by atoms with Crippen molar-refractivity contribution >= 4 is 22.4 Å². The number of carbonyl (C=O) groups is 1. The molecule has 6 atom stereocenters. The molecule has 46 heavy (non-hydrogen) atoms. The summed E-state index contributed by atoms with van der Waals surface area (Å²) < 4.78 is 14.2. The molecular weight excluding hydrogens is 597 g/mol. The van der Waals surface area contributed by atoms with Crippen molar-refractivity contribution in [2.45, 2.75) is 175 Å². The number of hydrogen-bond donors (Lipinski definition) is 0. The van der Waals surface area contributed by atoms with Crippen LogP contribution in [0, 0.1) is 28.6 Å². The molecule has 0 saturated heterocycles. The highest BCUT2D eigenvalue weighted by Crippen LogP contribution is 2.60. The van der Waals surface area contributed by atoms with Crippen molar-refractivity contribution in [2.24, 2.45) is 28.6 Å². The van der Waals surface area contributed by atoms with Gasteiger partial charge in [0.1, 0.15) is 5.78 Å².